The third-order valence-electron chi connectivity index (χ3n) is 4.46. The van der Waals surface area contributed by atoms with Gasteiger partial charge in [0.05, 0.1) is 0 Å². The quantitative estimate of drug-likeness (QED) is 0.674. The summed E-state index contributed by atoms with van der Waals surface area (Å²) in [4.78, 5) is 2.38. The van der Waals surface area contributed by atoms with E-state index in [-0.39, 0.29) is 5.41 Å². The lowest BCUT2D eigenvalue weighted by Gasteiger charge is -2.36. The monoisotopic (exact) mass is 257 g/mol. The van der Waals surface area contributed by atoms with Gasteiger partial charge in [0.25, 0.3) is 0 Å². The molecule has 0 amide bonds. The lowest BCUT2D eigenvalue weighted by molar-refractivity contribution is 0.395. The molecule has 1 aromatic carbocycles. The summed E-state index contributed by atoms with van der Waals surface area (Å²) >= 11 is 0. The number of hydrogen-bond acceptors (Lipinski definition) is 1. The van der Waals surface area contributed by atoms with Gasteiger partial charge in [-0.15, -0.1) is 0 Å². The zero-order valence-corrected chi connectivity index (χ0v) is 13.2. The van der Waals surface area contributed by atoms with Gasteiger partial charge in [-0.05, 0) is 41.9 Å². The SMILES string of the molecule is CC1=CN(c2ccc(C(C)(C)C)cc2)CCC1(C)C. The molecule has 0 bridgehead atoms. The average molecular weight is 257 g/mol. The van der Waals surface area contributed by atoms with E-state index in [4.69, 9.17) is 0 Å². The highest BCUT2D eigenvalue weighted by Crippen LogP contribution is 2.36. The van der Waals surface area contributed by atoms with Crippen molar-refractivity contribution in [2.24, 2.45) is 5.41 Å². The summed E-state index contributed by atoms with van der Waals surface area (Å²) < 4.78 is 0. The van der Waals surface area contributed by atoms with Crippen molar-refractivity contribution in [3.05, 3.63) is 41.6 Å². The van der Waals surface area contributed by atoms with Gasteiger partial charge in [-0.3, -0.25) is 0 Å². The van der Waals surface area contributed by atoms with Crippen LogP contribution in [0.15, 0.2) is 36.0 Å². The van der Waals surface area contributed by atoms with Crippen LogP contribution in [0.1, 0.15) is 53.5 Å². The van der Waals surface area contributed by atoms with Crippen LogP contribution in [0.4, 0.5) is 5.69 Å². The Labute approximate surface area is 118 Å². The molecule has 0 aromatic heterocycles. The second-order valence-corrected chi connectivity index (χ2v) is 7.44. The molecule has 1 aliphatic heterocycles. The van der Waals surface area contributed by atoms with E-state index in [2.05, 4.69) is 76.9 Å². The second kappa shape index (κ2) is 4.70. The summed E-state index contributed by atoms with van der Waals surface area (Å²) in [5.74, 6) is 0. The lowest BCUT2D eigenvalue weighted by Crippen LogP contribution is -2.31. The minimum atomic E-state index is 0.230. The third-order valence-corrected chi connectivity index (χ3v) is 4.46. The fourth-order valence-corrected chi connectivity index (χ4v) is 2.43. The first-order valence-corrected chi connectivity index (χ1v) is 7.26. The molecule has 0 saturated heterocycles. The first-order valence-electron chi connectivity index (χ1n) is 7.26. The zero-order chi connectivity index (χ0) is 14.3. The van der Waals surface area contributed by atoms with Crippen molar-refractivity contribution in [2.45, 2.75) is 53.4 Å². The minimum absolute atomic E-state index is 0.230. The molecule has 0 N–H and O–H groups in total. The molecule has 0 spiro atoms. The van der Waals surface area contributed by atoms with Gasteiger partial charge < -0.3 is 4.90 Å². The maximum absolute atomic E-state index is 2.38. The molecular formula is C18H27N. The Hall–Kier alpha value is -1.24. The number of anilines is 1. The highest BCUT2D eigenvalue weighted by Gasteiger charge is 2.26. The average Bonchev–Trinajstić information content (AvgIpc) is 2.32. The Bertz CT molecular complexity index is 471. The fraction of sp³-hybridized carbons (Fsp3) is 0.556. The zero-order valence-electron chi connectivity index (χ0n) is 13.2. The van der Waals surface area contributed by atoms with Crippen molar-refractivity contribution in [1.82, 2.24) is 0 Å². The van der Waals surface area contributed by atoms with Crippen LogP contribution in [0.2, 0.25) is 0 Å². The molecule has 1 nitrogen and oxygen atoms in total. The molecule has 1 aromatic rings. The van der Waals surface area contributed by atoms with Gasteiger partial charge in [-0.2, -0.15) is 0 Å². The van der Waals surface area contributed by atoms with Gasteiger partial charge in [-0.1, -0.05) is 52.3 Å². The molecule has 0 unspecified atom stereocenters. The predicted molar refractivity (Wildman–Crippen MR) is 84.6 cm³/mol. The van der Waals surface area contributed by atoms with Crippen LogP contribution < -0.4 is 4.90 Å². The van der Waals surface area contributed by atoms with E-state index in [1.54, 1.807) is 0 Å². The molecule has 2 rings (SSSR count). The maximum atomic E-state index is 2.38. The van der Waals surface area contributed by atoms with E-state index < -0.39 is 0 Å². The van der Waals surface area contributed by atoms with Gasteiger partial charge in [0, 0.05) is 18.4 Å². The number of benzene rings is 1. The summed E-state index contributed by atoms with van der Waals surface area (Å²) in [6.45, 7) is 14.8. The van der Waals surface area contributed by atoms with Crippen molar-refractivity contribution >= 4 is 5.69 Å². The van der Waals surface area contributed by atoms with Crippen LogP contribution in [-0.2, 0) is 5.41 Å². The van der Waals surface area contributed by atoms with Crippen LogP contribution in [0.3, 0.4) is 0 Å². The van der Waals surface area contributed by atoms with Gasteiger partial charge in [0.2, 0.25) is 0 Å². The van der Waals surface area contributed by atoms with Crippen molar-refractivity contribution in [3.8, 4) is 0 Å². The summed E-state index contributed by atoms with van der Waals surface area (Å²) in [6.07, 6.45) is 3.53. The van der Waals surface area contributed by atoms with Gasteiger partial charge in [0.15, 0.2) is 0 Å². The normalized spacial score (nSPS) is 19.3. The van der Waals surface area contributed by atoms with Crippen LogP contribution in [-0.4, -0.2) is 6.54 Å². The minimum Gasteiger partial charge on any atom is -0.348 e. The van der Waals surface area contributed by atoms with Crippen LogP contribution in [0.5, 0.6) is 0 Å². The van der Waals surface area contributed by atoms with E-state index in [1.165, 1.54) is 23.2 Å². The second-order valence-electron chi connectivity index (χ2n) is 7.44. The van der Waals surface area contributed by atoms with Crippen molar-refractivity contribution < 1.29 is 0 Å². The van der Waals surface area contributed by atoms with Crippen LogP contribution in [0, 0.1) is 5.41 Å². The van der Waals surface area contributed by atoms with E-state index in [0.717, 1.165) is 6.54 Å². The summed E-state index contributed by atoms with van der Waals surface area (Å²) in [6, 6.07) is 9.03. The van der Waals surface area contributed by atoms with Gasteiger partial charge >= 0.3 is 0 Å². The van der Waals surface area contributed by atoms with E-state index in [1.807, 2.05) is 0 Å². The van der Waals surface area contributed by atoms with Crippen molar-refractivity contribution in [3.63, 3.8) is 0 Å². The third kappa shape index (κ3) is 3.02. The largest absolute Gasteiger partial charge is 0.348 e. The molecule has 0 saturated carbocycles. The highest BCUT2D eigenvalue weighted by molar-refractivity contribution is 5.52. The van der Waals surface area contributed by atoms with Gasteiger partial charge in [-0.25, -0.2) is 0 Å². The Balaban J connectivity index is 2.23. The lowest BCUT2D eigenvalue weighted by atomic mass is 9.80. The van der Waals surface area contributed by atoms with Crippen LogP contribution >= 0.6 is 0 Å². The van der Waals surface area contributed by atoms with E-state index >= 15 is 0 Å². The Kier molecular flexibility index (Phi) is 3.51. The molecule has 0 aliphatic carbocycles. The van der Waals surface area contributed by atoms with E-state index in [0.29, 0.717) is 5.41 Å². The predicted octanol–water partition coefficient (Wildman–Crippen LogP) is 5.12. The number of hydrogen-bond donors (Lipinski definition) is 0. The van der Waals surface area contributed by atoms with Crippen molar-refractivity contribution in [2.75, 3.05) is 11.4 Å². The molecule has 1 aliphatic rings. The smallest absolute Gasteiger partial charge is 0.0406 e. The van der Waals surface area contributed by atoms with Crippen LogP contribution in [0.25, 0.3) is 0 Å². The Morgan fingerprint density at radius 3 is 2.11 bits per heavy atom. The summed E-state index contributed by atoms with van der Waals surface area (Å²) in [7, 11) is 0. The number of rotatable bonds is 1. The summed E-state index contributed by atoms with van der Waals surface area (Å²) in [5.41, 5.74) is 4.76. The molecule has 1 heteroatoms. The fourth-order valence-electron chi connectivity index (χ4n) is 2.43. The molecule has 104 valence electrons. The molecule has 1 heterocycles. The molecule has 0 radical (unpaired) electrons. The first kappa shape index (κ1) is 14.2. The van der Waals surface area contributed by atoms with Crippen molar-refractivity contribution in [1.29, 1.82) is 0 Å². The maximum Gasteiger partial charge on any atom is 0.0406 e. The Morgan fingerprint density at radius 1 is 1.05 bits per heavy atom. The Morgan fingerprint density at radius 2 is 1.63 bits per heavy atom. The highest BCUT2D eigenvalue weighted by atomic mass is 15.1. The topological polar surface area (TPSA) is 3.24 Å². The summed E-state index contributed by atoms with van der Waals surface area (Å²) in [5, 5.41) is 0. The standard InChI is InChI=1S/C18H27N/c1-14-13-19(12-11-18(14,5)6)16-9-7-15(8-10-16)17(2,3)4/h7-10,13H,11-12H2,1-6H3. The van der Waals surface area contributed by atoms with E-state index in [9.17, 15) is 0 Å². The molecule has 0 atom stereocenters. The first-order chi connectivity index (χ1) is 8.70. The number of nitrogens with zero attached hydrogens (tertiary/aromatic N) is 1. The molecule has 19 heavy (non-hydrogen) atoms. The molecular weight excluding hydrogens is 230 g/mol. The number of allylic oxidation sites excluding steroid dienone is 1. The molecule has 0 fully saturated rings. The van der Waals surface area contributed by atoms with Gasteiger partial charge in [0.1, 0.15) is 0 Å².